The summed E-state index contributed by atoms with van der Waals surface area (Å²) in [6.07, 6.45) is -4.93. The third-order valence-electron chi connectivity index (χ3n) is 2.09. The van der Waals surface area contributed by atoms with E-state index in [4.69, 9.17) is 11.6 Å². The first kappa shape index (κ1) is 15.2. The second-order valence-corrected chi connectivity index (χ2v) is 3.93. The average Bonchev–Trinajstić information content (AvgIpc) is 2.15. The lowest BCUT2D eigenvalue weighted by Crippen LogP contribution is -2.42. The van der Waals surface area contributed by atoms with Crippen molar-refractivity contribution >= 4 is 23.3 Å². The summed E-state index contributed by atoms with van der Waals surface area (Å²) in [7, 11) is 0. The summed E-state index contributed by atoms with van der Waals surface area (Å²) >= 11 is 5.31. The highest BCUT2D eigenvalue weighted by Gasteiger charge is 2.39. The predicted molar refractivity (Wildman–Crippen MR) is 53.1 cm³/mol. The Kier molecular flexibility index (Phi) is 5.78. The monoisotopic (exact) mass is 259 g/mol. The molecule has 7 heteroatoms. The largest absolute Gasteiger partial charge is 0.471 e. The van der Waals surface area contributed by atoms with Gasteiger partial charge < -0.3 is 5.32 Å². The van der Waals surface area contributed by atoms with Gasteiger partial charge in [0.05, 0.1) is 5.88 Å². The van der Waals surface area contributed by atoms with Crippen LogP contribution in [0.15, 0.2) is 0 Å². The third kappa shape index (κ3) is 4.83. The molecule has 0 spiro atoms. The van der Waals surface area contributed by atoms with Crippen molar-refractivity contribution < 1.29 is 22.8 Å². The molecular weight excluding hydrogens is 247 g/mol. The number of carbonyl (C=O) groups is 2. The topological polar surface area (TPSA) is 46.2 Å². The molecule has 0 radical (unpaired) electrons. The van der Waals surface area contributed by atoms with Crippen LogP contribution in [0.3, 0.4) is 0 Å². The molecule has 3 nitrogen and oxygen atoms in total. The molecule has 0 heterocycles. The van der Waals surface area contributed by atoms with E-state index in [-0.39, 0.29) is 24.1 Å². The van der Waals surface area contributed by atoms with Crippen molar-refractivity contribution in [2.24, 2.45) is 11.8 Å². The summed E-state index contributed by atoms with van der Waals surface area (Å²) in [5.41, 5.74) is 0. The summed E-state index contributed by atoms with van der Waals surface area (Å²) in [5.74, 6) is -3.56. The third-order valence-corrected chi connectivity index (χ3v) is 2.35. The van der Waals surface area contributed by atoms with Crippen LogP contribution in [-0.2, 0) is 9.59 Å². The molecule has 0 aromatic rings. The molecule has 16 heavy (non-hydrogen) atoms. The van der Waals surface area contributed by atoms with Gasteiger partial charge in [-0.15, -0.1) is 11.6 Å². The van der Waals surface area contributed by atoms with E-state index in [2.05, 4.69) is 0 Å². The summed E-state index contributed by atoms with van der Waals surface area (Å²) in [5, 5.41) is 1.68. The normalized spacial score (nSPS) is 13.7. The Bertz CT molecular complexity index is 266. The molecule has 0 aliphatic rings. The van der Waals surface area contributed by atoms with Crippen LogP contribution in [0, 0.1) is 11.8 Å². The second-order valence-electron chi connectivity index (χ2n) is 3.66. The molecule has 94 valence electrons. The van der Waals surface area contributed by atoms with Gasteiger partial charge in [-0.1, -0.05) is 13.8 Å². The van der Waals surface area contributed by atoms with Crippen molar-refractivity contribution in [1.29, 1.82) is 0 Å². The Morgan fingerprint density at radius 2 is 1.81 bits per heavy atom. The lowest BCUT2D eigenvalue weighted by Gasteiger charge is -2.19. The maximum absolute atomic E-state index is 11.9. The van der Waals surface area contributed by atoms with Crippen molar-refractivity contribution in [2.75, 3.05) is 12.4 Å². The van der Waals surface area contributed by atoms with E-state index < -0.39 is 18.0 Å². The van der Waals surface area contributed by atoms with Gasteiger partial charge in [0.1, 0.15) is 0 Å². The van der Waals surface area contributed by atoms with Gasteiger partial charge in [-0.05, 0) is 5.92 Å². The Hall–Kier alpha value is -0.780. The first-order chi connectivity index (χ1) is 7.20. The van der Waals surface area contributed by atoms with E-state index in [0.717, 1.165) is 0 Å². The zero-order valence-corrected chi connectivity index (χ0v) is 9.65. The first-order valence-corrected chi connectivity index (χ1v) is 5.17. The van der Waals surface area contributed by atoms with Gasteiger partial charge in [0.15, 0.2) is 5.78 Å². The van der Waals surface area contributed by atoms with Crippen LogP contribution in [0.5, 0.6) is 0 Å². The molecule has 0 rings (SSSR count). The van der Waals surface area contributed by atoms with E-state index in [1.165, 1.54) is 0 Å². The fourth-order valence-electron chi connectivity index (χ4n) is 1.12. The molecule has 0 aliphatic carbocycles. The fourth-order valence-corrected chi connectivity index (χ4v) is 1.32. The predicted octanol–water partition coefficient (Wildman–Crippen LogP) is 1.74. The Balaban J connectivity index is 4.35. The van der Waals surface area contributed by atoms with Crippen LogP contribution in [0.2, 0.25) is 0 Å². The molecule has 0 aromatic heterocycles. The zero-order valence-electron chi connectivity index (χ0n) is 8.90. The van der Waals surface area contributed by atoms with Crippen molar-refractivity contribution in [1.82, 2.24) is 5.32 Å². The highest BCUT2D eigenvalue weighted by atomic mass is 35.5. The summed E-state index contributed by atoms with van der Waals surface area (Å²) in [6.45, 7) is 3.01. The molecule has 0 bridgehead atoms. The Morgan fingerprint density at radius 3 is 2.12 bits per heavy atom. The highest BCUT2D eigenvalue weighted by Crippen LogP contribution is 2.16. The summed E-state index contributed by atoms with van der Waals surface area (Å²) < 4.78 is 35.6. The van der Waals surface area contributed by atoms with Crippen LogP contribution in [0.4, 0.5) is 13.2 Å². The smallest absolute Gasteiger partial charge is 0.348 e. The van der Waals surface area contributed by atoms with Gasteiger partial charge in [0, 0.05) is 12.5 Å². The number of hydrogen-bond acceptors (Lipinski definition) is 2. The molecule has 1 unspecified atom stereocenters. The molecular formula is C9H13ClF3NO2. The van der Waals surface area contributed by atoms with Crippen LogP contribution in [0.25, 0.3) is 0 Å². The minimum Gasteiger partial charge on any atom is -0.348 e. The molecule has 1 amide bonds. The lowest BCUT2D eigenvalue weighted by atomic mass is 9.92. The van der Waals surface area contributed by atoms with Crippen LogP contribution < -0.4 is 5.32 Å². The number of carbonyl (C=O) groups excluding carboxylic acids is 2. The van der Waals surface area contributed by atoms with Gasteiger partial charge >= 0.3 is 12.1 Å². The SMILES string of the molecule is CC(C)C(CNC(=O)C(F)(F)F)C(=O)CCl. The number of Topliss-reactive ketones (excluding diaryl/α,β-unsaturated/α-hetero) is 1. The van der Waals surface area contributed by atoms with Crippen molar-refractivity contribution in [3.63, 3.8) is 0 Å². The Labute approximate surface area is 96.3 Å². The number of rotatable bonds is 5. The van der Waals surface area contributed by atoms with E-state index in [9.17, 15) is 22.8 Å². The maximum Gasteiger partial charge on any atom is 0.471 e. The Morgan fingerprint density at radius 1 is 1.31 bits per heavy atom. The minimum absolute atomic E-state index is 0.181. The first-order valence-electron chi connectivity index (χ1n) is 4.63. The minimum atomic E-state index is -4.93. The maximum atomic E-state index is 11.9. The zero-order chi connectivity index (χ0) is 12.9. The fraction of sp³-hybridized carbons (Fsp3) is 0.778. The number of ketones is 1. The van der Waals surface area contributed by atoms with Crippen molar-refractivity contribution in [3.05, 3.63) is 0 Å². The van der Waals surface area contributed by atoms with Gasteiger partial charge in [-0.3, -0.25) is 9.59 Å². The van der Waals surface area contributed by atoms with Gasteiger partial charge in [-0.2, -0.15) is 13.2 Å². The summed E-state index contributed by atoms with van der Waals surface area (Å²) in [4.78, 5) is 21.8. The van der Waals surface area contributed by atoms with Crippen molar-refractivity contribution in [3.8, 4) is 0 Å². The van der Waals surface area contributed by atoms with Gasteiger partial charge in [0.2, 0.25) is 0 Å². The molecule has 0 saturated carbocycles. The quantitative estimate of drug-likeness (QED) is 0.765. The van der Waals surface area contributed by atoms with E-state index in [1.54, 1.807) is 19.2 Å². The average molecular weight is 260 g/mol. The van der Waals surface area contributed by atoms with Crippen molar-refractivity contribution in [2.45, 2.75) is 20.0 Å². The number of halogens is 4. The van der Waals surface area contributed by atoms with Crippen LogP contribution in [-0.4, -0.2) is 30.3 Å². The second kappa shape index (κ2) is 6.08. The molecule has 0 aromatic carbocycles. The number of alkyl halides is 4. The number of amides is 1. The van der Waals surface area contributed by atoms with Crippen LogP contribution >= 0.6 is 11.6 Å². The molecule has 0 fully saturated rings. The molecule has 1 N–H and O–H groups in total. The van der Waals surface area contributed by atoms with E-state index >= 15 is 0 Å². The number of hydrogen-bond donors (Lipinski definition) is 1. The van der Waals surface area contributed by atoms with Crippen LogP contribution in [0.1, 0.15) is 13.8 Å². The molecule has 1 atom stereocenters. The summed E-state index contributed by atoms with van der Waals surface area (Å²) in [6, 6.07) is 0. The molecule has 0 aliphatic heterocycles. The standard InChI is InChI=1S/C9H13ClF3NO2/c1-5(2)6(7(15)3-10)4-14-8(16)9(11,12)13/h5-6H,3-4H2,1-2H3,(H,14,16). The lowest BCUT2D eigenvalue weighted by molar-refractivity contribution is -0.173. The number of nitrogens with one attached hydrogen (secondary N) is 1. The van der Waals surface area contributed by atoms with E-state index in [1.807, 2.05) is 0 Å². The highest BCUT2D eigenvalue weighted by molar-refractivity contribution is 6.27. The van der Waals surface area contributed by atoms with E-state index in [0.29, 0.717) is 0 Å². The van der Waals surface area contributed by atoms with Gasteiger partial charge in [-0.25, -0.2) is 0 Å². The molecule has 0 saturated heterocycles. The van der Waals surface area contributed by atoms with Gasteiger partial charge in [0.25, 0.3) is 0 Å².